The largest absolute Gasteiger partial charge is 0.338 e. The molecule has 1 aliphatic rings. The number of amides is 3. The second-order valence-electron chi connectivity index (χ2n) is 6.46. The smallest absolute Gasteiger partial charge is 0.319 e. The Bertz CT molecular complexity index is 769. The summed E-state index contributed by atoms with van der Waals surface area (Å²) in [5.74, 6) is -0.0260. The fourth-order valence-corrected chi connectivity index (χ4v) is 2.81. The Morgan fingerprint density at radius 3 is 2.62 bits per heavy atom. The molecule has 0 spiro atoms. The first-order valence-electron chi connectivity index (χ1n) is 8.01. The molecule has 5 nitrogen and oxygen atoms in total. The van der Waals surface area contributed by atoms with Crippen molar-refractivity contribution in [2.24, 2.45) is 0 Å². The lowest BCUT2D eigenvalue weighted by atomic mass is 9.86. The van der Waals surface area contributed by atoms with Gasteiger partial charge in [-0.15, -0.1) is 0 Å². The number of fused-ring (bicyclic) bond motifs is 1. The van der Waals surface area contributed by atoms with Crippen molar-refractivity contribution in [2.75, 3.05) is 17.2 Å². The maximum Gasteiger partial charge on any atom is 0.319 e. The number of rotatable bonds is 4. The third-order valence-electron chi connectivity index (χ3n) is 4.31. The first kappa shape index (κ1) is 16.1. The van der Waals surface area contributed by atoms with Gasteiger partial charge in [-0.3, -0.25) is 4.79 Å². The lowest BCUT2D eigenvalue weighted by Crippen LogP contribution is -2.30. The van der Waals surface area contributed by atoms with E-state index in [2.05, 4.69) is 16.0 Å². The molecule has 124 valence electrons. The Balaban J connectivity index is 1.56. The maximum atomic E-state index is 12.0. The number of hydrogen-bond acceptors (Lipinski definition) is 2. The number of anilines is 2. The van der Waals surface area contributed by atoms with Crippen molar-refractivity contribution in [2.45, 2.75) is 25.7 Å². The minimum Gasteiger partial charge on any atom is -0.338 e. The summed E-state index contributed by atoms with van der Waals surface area (Å²) in [4.78, 5) is 23.9. The summed E-state index contributed by atoms with van der Waals surface area (Å²) in [7, 11) is 0. The maximum absolute atomic E-state index is 12.0. The zero-order valence-electron chi connectivity index (χ0n) is 13.8. The summed E-state index contributed by atoms with van der Waals surface area (Å²) in [6.45, 7) is 4.33. The van der Waals surface area contributed by atoms with Crippen LogP contribution in [0.3, 0.4) is 0 Å². The molecule has 0 aliphatic carbocycles. The number of carbonyl (C=O) groups is 2. The van der Waals surface area contributed by atoms with Crippen LogP contribution in [0.2, 0.25) is 0 Å². The van der Waals surface area contributed by atoms with Crippen molar-refractivity contribution in [3.05, 3.63) is 59.7 Å². The highest BCUT2D eigenvalue weighted by molar-refractivity contribution is 6.06. The molecule has 0 saturated heterocycles. The molecule has 3 amide bonds. The Kier molecular flexibility index (Phi) is 4.25. The van der Waals surface area contributed by atoms with E-state index < -0.39 is 5.41 Å². The van der Waals surface area contributed by atoms with E-state index in [9.17, 15) is 9.59 Å². The monoisotopic (exact) mass is 323 g/mol. The van der Waals surface area contributed by atoms with E-state index >= 15 is 0 Å². The van der Waals surface area contributed by atoms with Gasteiger partial charge in [0.2, 0.25) is 5.91 Å². The van der Waals surface area contributed by atoms with Crippen LogP contribution in [-0.4, -0.2) is 18.5 Å². The van der Waals surface area contributed by atoms with Gasteiger partial charge < -0.3 is 16.0 Å². The molecule has 0 aromatic heterocycles. The normalized spacial score (nSPS) is 14.7. The van der Waals surface area contributed by atoms with Crippen LogP contribution in [0, 0.1) is 0 Å². The standard InChI is InChI=1S/C19H21N3O2/c1-19(2)15-9-8-14(12-16(15)22-17(19)23)21-18(24)20-11-10-13-6-4-3-5-7-13/h3-9,12H,10-11H2,1-2H3,(H,22,23)(H2,20,21,24). The average Bonchev–Trinajstić information content (AvgIpc) is 2.77. The van der Waals surface area contributed by atoms with E-state index in [4.69, 9.17) is 0 Å². The highest BCUT2D eigenvalue weighted by atomic mass is 16.2. The fraction of sp³-hybridized carbons (Fsp3) is 0.263. The number of benzene rings is 2. The van der Waals surface area contributed by atoms with Crippen LogP contribution in [0.4, 0.5) is 16.2 Å². The zero-order chi connectivity index (χ0) is 17.2. The highest BCUT2D eigenvalue weighted by Gasteiger charge is 2.38. The van der Waals surface area contributed by atoms with Crippen LogP contribution in [-0.2, 0) is 16.6 Å². The molecule has 3 N–H and O–H groups in total. The van der Waals surface area contributed by atoms with E-state index in [1.165, 1.54) is 5.56 Å². The molecular formula is C19H21N3O2. The van der Waals surface area contributed by atoms with Gasteiger partial charge in [0.15, 0.2) is 0 Å². The molecule has 0 unspecified atom stereocenters. The molecule has 2 aromatic carbocycles. The van der Waals surface area contributed by atoms with Crippen molar-refractivity contribution in [3.63, 3.8) is 0 Å². The van der Waals surface area contributed by atoms with Gasteiger partial charge in [-0.1, -0.05) is 36.4 Å². The molecule has 0 bridgehead atoms. The van der Waals surface area contributed by atoms with Gasteiger partial charge in [0.05, 0.1) is 5.41 Å². The third kappa shape index (κ3) is 3.25. The molecule has 5 heteroatoms. The molecule has 0 fully saturated rings. The minimum atomic E-state index is -0.536. The van der Waals surface area contributed by atoms with Crippen LogP contribution < -0.4 is 16.0 Å². The molecule has 1 aliphatic heterocycles. The van der Waals surface area contributed by atoms with Gasteiger partial charge in [0.1, 0.15) is 0 Å². The van der Waals surface area contributed by atoms with E-state index in [0.717, 1.165) is 17.7 Å². The average molecular weight is 323 g/mol. The number of urea groups is 1. The molecule has 2 aromatic rings. The second kappa shape index (κ2) is 6.35. The van der Waals surface area contributed by atoms with Gasteiger partial charge >= 0.3 is 6.03 Å². The summed E-state index contributed by atoms with van der Waals surface area (Å²) in [5.41, 5.74) is 3.00. The topological polar surface area (TPSA) is 70.2 Å². The molecule has 0 radical (unpaired) electrons. The van der Waals surface area contributed by atoms with E-state index in [1.54, 1.807) is 6.07 Å². The number of nitrogens with one attached hydrogen (secondary N) is 3. The fourth-order valence-electron chi connectivity index (χ4n) is 2.81. The van der Waals surface area contributed by atoms with Crippen LogP contribution in [0.15, 0.2) is 48.5 Å². The Morgan fingerprint density at radius 1 is 1.12 bits per heavy atom. The van der Waals surface area contributed by atoms with E-state index in [1.807, 2.05) is 56.3 Å². The molecule has 24 heavy (non-hydrogen) atoms. The highest BCUT2D eigenvalue weighted by Crippen LogP contribution is 2.38. The lowest BCUT2D eigenvalue weighted by molar-refractivity contribution is -0.119. The first-order valence-corrected chi connectivity index (χ1v) is 8.01. The van der Waals surface area contributed by atoms with Crippen molar-refractivity contribution in [1.29, 1.82) is 0 Å². The van der Waals surface area contributed by atoms with E-state index in [-0.39, 0.29) is 11.9 Å². The Labute approximate surface area is 141 Å². The van der Waals surface area contributed by atoms with Crippen LogP contribution in [0.1, 0.15) is 25.0 Å². The molecule has 0 saturated carbocycles. The molecule has 3 rings (SSSR count). The van der Waals surface area contributed by atoms with Gasteiger partial charge in [-0.25, -0.2) is 4.79 Å². The SMILES string of the molecule is CC1(C)C(=O)Nc2cc(NC(=O)NCCc3ccccc3)ccc21. The summed E-state index contributed by atoms with van der Waals surface area (Å²) in [6, 6.07) is 15.2. The number of hydrogen-bond donors (Lipinski definition) is 3. The summed E-state index contributed by atoms with van der Waals surface area (Å²) in [6.07, 6.45) is 0.780. The number of carbonyl (C=O) groups excluding carboxylic acids is 2. The van der Waals surface area contributed by atoms with Crippen LogP contribution in [0.5, 0.6) is 0 Å². The second-order valence-corrected chi connectivity index (χ2v) is 6.46. The molecular weight excluding hydrogens is 302 g/mol. The van der Waals surface area contributed by atoms with Crippen molar-refractivity contribution in [3.8, 4) is 0 Å². The van der Waals surface area contributed by atoms with Crippen LogP contribution in [0.25, 0.3) is 0 Å². The molecule has 0 atom stereocenters. The van der Waals surface area contributed by atoms with Gasteiger partial charge in [-0.2, -0.15) is 0 Å². The van der Waals surface area contributed by atoms with Gasteiger partial charge in [0.25, 0.3) is 0 Å². The van der Waals surface area contributed by atoms with Crippen LogP contribution >= 0.6 is 0 Å². The Morgan fingerprint density at radius 2 is 1.88 bits per heavy atom. The summed E-state index contributed by atoms with van der Waals surface area (Å²) >= 11 is 0. The Hall–Kier alpha value is -2.82. The van der Waals surface area contributed by atoms with Crippen molar-refractivity contribution < 1.29 is 9.59 Å². The van der Waals surface area contributed by atoms with Gasteiger partial charge in [0, 0.05) is 17.9 Å². The summed E-state index contributed by atoms with van der Waals surface area (Å²) < 4.78 is 0. The minimum absolute atomic E-state index is 0.0260. The van der Waals surface area contributed by atoms with Crippen molar-refractivity contribution in [1.82, 2.24) is 5.32 Å². The first-order chi connectivity index (χ1) is 11.5. The third-order valence-corrected chi connectivity index (χ3v) is 4.31. The zero-order valence-corrected chi connectivity index (χ0v) is 13.8. The van der Waals surface area contributed by atoms with E-state index in [0.29, 0.717) is 12.2 Å². The quantitative estimate of drug-likeness (QED) is 0.808. The molecule has 1 heterocycles. The van der Waals surface area contributed by atoms with Crippen molar-refractivity contribution >= 4 is 23.3 Å². The lowest BCUT2D eigenvalue weighted by Gasteiger charge is -2.15. The predicted octanol–water partition coefficient (Wildman–Crippen LogP) is 3.28. The summed E-state index contributed by atoms with van der Waals surface area (Å²) in [5, 5.41) is 8.49. The predicted molar refractivity (Wildman–Crippen MR) is 95.3 cm³/mol. The van der Waals surface area contributed by atoms with Gasteiger partial charge in [-0.05, 0) is 43.5 Å².